The predicted molar refractivity (Wildman–Crippen MR) is 74.5 cm³/mol. The van der Waals surface area contributed by atoms with E-state index in [1.54, 1.807) is 13.1 Å². The molecule has 3 rings (SSSR count). The second-order valence-electron chi connectivity index (χ2n) is 4.51. The number of rotatable bonds is 3. The number of hydrogen-bond donors (Lipinski definition) is 2. The van der Waals surface area contributed by atoms with Gasteiger partial charge in [-0.15, -0.1) is 0 Å². The van der Waals surface area contributed by atoms with E-state index in [4.69, 9.17) is 4.74 Å². The van der Waals surface area contributed by atoms with Crippen LogP contribution in [0.4, 0.5) is 11.4 Å². The molecular formula is C14H14N4O2. The van der Waals surface area contributed by atoms with Gasteiger partial charge in [-0.3, -0.25) is 4.79 Å². The van der Waals surface area contributed by atoms with Crippen LogP contribution < -0.4 is 15.4 Å². The number of ether oxygens (including phenoxy) is 1. The molecular weight excluding hydrogens is 256 g/mol. The first-order valence-electron chi connectivity index (χ1n) is 6.33. The fraction of sp³-hybridized carbons (Fsp3) is 0.214. The molecule has 6 heteroatoms. The largest absolute Gasteiger partial charge is 0.479 e. The molecule has 2 heterocycles. The Hall–Kier alpha value is -2.63. The number of fused-ring (bicyclic) bond motifs is 1. The summed E-state index contributed by atoms with van der Waals surface area (Å²) in [6.07, 6.45) is 2.76. The van der Waals surface area contributed by atoms with Gasteiger partial charge in [0.15, 0.2) is 6.10 Å². The number of amides is 1. The van der Waals surface area contributed by atoms with Gasteiger partial charge >= 0.3 is 0 Å². The lowest BCUT2D eigenvalue weighted by molar-refractivity contribution is -0.122. The third-order valence-corrected chi connectivity index (χ3v) is 3.03. The van der Waals surface area contributed by atoms with E-state index in [1.807, 2.05) is 24.3 Å². The molecule has 1 unspecified atom stereocenters. The zero-order valence-corrected chi connectivity index (χ0v) is 11.0. The fourth-order valence-corrected chi connectivity index (χ4v) is 1.93. The quantitative estimate of drug-likeness (QED) is 0.889. The molecule has 1 aromatic carbocycles. The summed E-state index contributed by atoms with van der Waals surface area (Å²) in [4.78, 5) is 19.6. The van der Waals surface area contributed by atoms with Crippen LogP contribution >= 0.6 is 0 Å². The lowest BCUT2D eigenvalue weighted by atomic mass is 10.2. The fourth-order valence-electron chi connectivity index (χ4n) is 1.93. The maximum atomic E-state index is 11.6. The van der Waals surface area contributed by atoms with Gasteiger partial charge < -0.3 is 15.4 Å². The molecule has 0 radical (unpaired) electrons. The second kappa shape index (κ2) is 5.16. The number of hydrogen-bond acceptors (Lipinski definition) is 5. The normalized spacial score (nSPS) is 16.9. The van der Waals surface area contributed by atoms with Crippen molar-refractivity contribution in [1.29, 1.82) is 0 Å². The molecule has 2 N–H and O–H groups in total. The van der Waals surface area contributed by atoms with Gasteiger partial charge in [0.25, 0.3) is 5.91 Å². The Bertz CT molecular complexity index is 630. The maximum absolute atomic E-state index is 11.6. The monoisotopic (exact) mass is 270 g/mol. The summed E-state index contributed by atoms with van der Waals surface area (Å²) in [5, 5.41) is 6.06. The zero-order valence-electron chi connectivity index (χ0n) is 11.0. The average molecular weight is 270 g/mol. The van der Waals surface area contributed by atoms with Crippen molar-refractivity contribution in [1.82, 2.24) is 9.97 Å². The van der Waals surface area contributed by atoms with Gasteiger partial charge in [0.05, 0.1) is 17.9 Å². The first-order valence-corrected chi connectivity index (χ1v) is 6.33. The lowest BCUT2D eigenvalue weighted by Crippen LogP contribution is -2.34. The molecule has 0 aliphatic carbocycles. The topological polar surface area (TPSA) is 76.1 Å². The molecule has 20 heavy (non-hydrogen) atoms. The number of nitrogens with one attached hydrogen (secondary N) is 2. The molecule has 0 saturated heterocycles. The Morgan fingerprint density at radius 2 is 2.30 bits per heavy atom. The van der Waals surface area contributed by atoms with E-state index in [0.717, 1.165) is 11.4 Å². The molecule has 0 saturated carbocycles. The maximum Gasteiger partial charge on any atom is 0.265 e. The van der Waals surface area contributed by atoms with E-state index >= 15 is 0 Å². The first-order chi connectivity index (χ1) is 9.72. The second-order valence-corrected chi connectivity index (χ2v) is 4.51. The molecule has 102 valence electrons. The Balaban J connectivity index is 1.73. The van der Waals surface area contributed by atoms with E-state index in [0.29, 0.717) is 18.0 Å². The van der Waals surface area contributed by atoms with E-state index < -0.39 is 6.10 Å². The third-order valence-electron chi connectivity index (χ3n) is 3.03. The van der Waals surface area contributed by atoms with Crippen LogP contribution in [-0.2, 0) is 11.3 Å². The van der Waals surface area contributed by atoms with Crippen molar-refractivity contribution in [3.8, 4) is 5.75 Å². The summed E-state index contributed by atoms with van der Waals surface area (Å²) in [6, 6.07) is 7.44. The molecule has 0 spiro atoms. The summed E-state index contributed by atoms with van der Waals surface area (Å²) in [6.45, 7) is 2.31. The van der Waals surface area contributed by atoms with Crippen LogP contribution in [0.2, 0.25) is 0 Å². The minimum atomic E-state index is -0.456. The van der Waals surface area contributed by atoms with Gasteiger partial charge in [0, 0.05) is 11.9 Å². The molecule has 1 amide bonds. The van der Waals surface area contributed by atoms with Crippen LogP contribution in [0.15, 0.2) is 36.8 Å². The van der Waals surface area contributed by atoms with Crippen molar-refractivity contribution < 1.29 is 9.53 Å². The smallest absolute Gasteiger partial charge is 0.265 e. The molecule has 1 aliphatic heterocycles. The average Bonchev–Trinajstić information content (AvgIpc) is 2.47. The summed E-state index contributed by atoms with van der Waals surface area (Å²) in [7, 11) is 0. The number of aromatic nitrogens is 2. The van der Waals surface area contributed by atoms with Crippen molar-refractivity contribution >= 4 is 17.3 Å². The summed E-state index contributed by atoms with van der Waals surface area (Å²) < 4.78 is 5.50. The van der Waals surface area contributed by atoms with Gasteiger partial charge in [-0.1, -0.05) is 0 Å². The first kappa shape index (κ1) is 12.4. The Morgan fingerprint density at radius 3 is 3.10 bits per heavy atom. The molecule has 6 nitrogen and oxygen atoms in total. The number of benzene rings is 1. The van der Waals surface area contributed by atoms with Crippen molar-refractivity contribution in [2.75, 3.05) is 10.6 Å². The summed E-state index contributed by atoms with van der Waals surface area (Å²) in [5.74, 6) is 0.551. The van der Waals surface area contributed by atoms with Crippen LogP contribution in [0.25, 0.3) is 0 Å². The van der Waals surface area contributed by atoms with Crippen LogP contribution in [0.1, 0.15) is 12.6 Å². The molecule has 2 aromatic rings. The molecule has 1 aliphatic rings. The number of carbonyl (C=O) groups excluding carboxylic acids is 1. The van der Waals surface area contributed by atoms with E-state index in [2.05, 4.69) is 20.6 Å². The Labute approximate surface area is 116 Å². The highest BCUT2D eigenvalue weighted by Gasteiger charge is 2.23. The molecule has 0 bridgehead atoms. The van der Waals surface area contributed by atoms with Gasteiger partial charge in [-0.25, -0.2) is 9.97 Å². The number of anilines is 2. The van der Waals surface area contributed by atoms with Crippen LogP contribution in [-0.4, -0.2) is 22.0 Å². The predicted octanol–water partition coefficient (Wildman–Crippen LogP) is 1.81. The van der Waals surface area contributed by atoms with Crippen LogP contribution in [0.3, 0.4) is 0 Å². The van der Waals surface area contributed by atoms with Crippen molar-refractivity contribution in [3.05, 3.63) is 42.5 Å². The van der Waals surface area contributed by atoms with E-state index in [1.165, 1.54) is 6.33 Å². The lowest BCUT2D eigenvalue weighted by Gasteiger charge is -2.23. The zero-order chi connectivity index (χ0) is 13.9. The minimum Gasteiger partial charge on any atom is -0.479 e. The highest BCUT2D eigenvalue weighted by atomic mass is 16.5. The standard InChI is InChI=1S/C14H14N4O2/c1-9-14(19)18-12-6-10(2-3-13(12)20-9)16-7-11-4-5-15-8-17-11/h2-6,8-9,16H,7H2,1H3,(H,18,19). The molecule has 0 fully saturated rings. The number of carbonyl (C=O) groups is 1. The molecule has 1 atom stereocenters. The van der Waals surface area contributed by atoms with Gasteiger partial charge in [0.1, 0.15) is 12.1 Å². The Kier molecular flexibility index (Phi) is 3.20. The summed E-state index contributed by atoms with van der Waals surface area (Å²) >= 11 is 0. The SMILES string of the molecule is CC1Oc2ccc(NCc3ccncn3)cc2NC1=O. The van der Waals surface area contributed by atoms with E-state index in [9.17, 15) is 4.79 Å². The highest BCUT2D eigenvalue weighted by Crippen LogP contribution is 2.32. The van der Waals surface area contributed by atoms with Gasteiger partial charge in [0.2, 0.25) is 0 Å². The summed E-state index contributed by atoms with van der Waals surface area (Å²) in [5.41, 5.74) is 2.47. The van der Waals surface area contributed by atoms with Crippen molar-refractivity contribution in [2.24, 2.45) is 0 Å². The van der Waals surface area contributed by atoms with Crippen molar-refractivity contribution in [2.45, 2.75) is 19.6 Å². The third kappa shape index (κ3) is 2.54. The van der Waals surface area contributed by atoms with Gasteiger partial charge in [-0.2, -0.15) is 0 Å². The van der Waals surface area contributed by atoms with Crippen molar-refractivity contribution in [3.63, 3.8) is 0 Å². The molecule has 1 aromatic heterocycles. The van der Waals surface area contributed by atoms with Crippen LogP contribution in [0.5, 0.6) is 5.75 Å². The van der Waals surface area contributed by atoms with E-state index in [-0.39, 0.29) is 5.91 Å². The highest BCUT2D eigenvalue weighted by molar-refractivity contribution is 5.98. The van der Waals surface area contributed by atoms with Gasteiger partial charge in [-0.05, 0) is 31.2 Å². The number of nitrogens with zero attached hydrogens (tertiary/aromatic N) is 2. The minimum absolute atomic E-state index is 0.134. The Morgan fingerprint density at radius 1 is 1.40 bits per heavy atom. The van der Waals surface area contributed by atoms with Crippen LogP contribution in [0, 0.1) is 0 Å².